The Morgan fingerprint density at radius 3 is 2.58 bits per heavy atom. The third-order valence-electron chi connectivity index (χ3n) is 5.46. The highest BCUT2D eigenvalue weighted by atomic mass is 16.6. The second-order valence-electron chi connectivity index (χ2n) is 7.80. The SMILES string of the molecule is CCCC(NC(=O)c1cc([N+](=O)[O-])ccc1C)C(=O)Nc1cccc(N2CCCC2)c1. The number of nitrogens with one attached hydrogen (secondary N) is 2. The summed E-state index contributed by atoms with van der Waals surface area (Å²) in [5.41, 5.74) is 2.39. The number of aryl methyl sites for hydroxylation is 1. The van der Waals surface area contributed by atoms with Crippen LogP contribution in [0.15, 0.2) is 42.5 Å². The summed E-state index contributed by atoms with van der Waals surface area (Å²) in [6, 6.07) is 11.1. The highest BCUT2D eigenvalue weighted by Gasteiger charge is 2.23. The van der Waals surface area contributed by atoms with E-state index in [0.29, 0.717) is 24.1 Å². The second kappa shape index (κ2) is 10.1. The topological polar surface area (TPSA) is 105 Å². The van der Waals surface area contributed by atoms with Gasteiger partial charge in [-0.2, -0.15) is 0 Å². The van der Waals surface area contributed by atoms with E-state index in [4.69, 9.17) is 0 Å². The molecule has 1 atom stereocenters. The first-order valence-electron chi connectivity index (χ1n) is 10.6. The molecule has 0 spiro atoms. The van der Waals surface area contributed by atoms with Crippen molar-refractivity contribution in [1.29, 1.82) is 0 Å². The molecule has 1 unspecified atom stereocenters. The quantitative estimate of drug-likeness (QED) is 0.492. The van der Waals surface area contributed by atoms with Gasteiger partial charge in [0.2, 0.25) is 5.91 Å². The van der Waals surface area contributed by atoms with Crippen molar-refractivity contribution in [3.05, 3.63) is 63.7 Å². The van der Waals surface area contributed by atoms with Gasteiger partial charge >= 0.3 is 0 Å². The molecule has 2 aromatic rings. The van der Waals surface area contributed by atoms with Crippen molar-refractivity contribution in [2.24, 2.45) is 0 Å². The fourth-order valence-electron chi connectivity index (χ4n) is 3.75. The van der Waals surface area contributed by atoms with Gasteiger partial charge in [-0.25, -0.2) is 0 Å². The van der Waals surface area contributed by atoms with Gasteiger partial charge in [-0.1, -0.05) is 25.5 Å². The fraction of sp³-hybridized carbons (Fsp3) is 0.391. The van der Waals surface area contributed by atoms with E-state index in [2.05, 4.69) is 15.5 Å². The third kappa shape index (κ3) is 5.59. The Bertz CT molecular complexity index is 970. The number of anilines is 2. The minimum atomic E-state index is -0.744. The number of rotatable bonds is 8. The van der Waals surface area contributed by atoms with Crippen molar-refractivity contribution in [2.45, 2.75) is 45.6 Å². The lowest BCUT2D eigenvalue weighted by molar-refractivity contribution is -0.384. The molecule has 0 aromatic heterocycles. The van der Waals surface area contributed by atoms with Crippen LogP contribution in [0.3, 0.4) is 0 Å². The first-order chi connectivity index (χ1) is 14.9. The van der Waals surface area contributed by atoms with E-state index in [0.717, 1.165) is 31.6 Å². The van der Waals surface area contributed by atoms with Crippen LogP contribution in [0.1, 0.15) is 48.5 Å². The van der Waals surface area contributed by atoms with Crippen LogP contribution in [0.5, 0.6) is 0 Å². The van der Waals surface area contributed by atoms with E-state index in [9.17, 15) is 19.7 Å². The van der Waals surface area contributed by atoms with Gasteiger partial charge in [0.15, 0.2) is 0 Å². The molecular weight excluding hydrogens is 396 g/mol. The number of benzene rings is 2. The summed E-state index contributed by atoms with van der Waals surface area (Å²) in [7, 11) is 0. The van der Waals surface area contributed by atoms with E-state index in [1.165, 1.54) is 18.2 Å². The van der Waals surface area contributed by atoms with E-state index in [1.54, 1.807) is 6.92 Å². The smallest absolute Gasteiger partial charge is 0.270 e. The van der Waals surface area contributed by atoms with E-state index in [1.807, 2.05) is 31.2 Å². The second-order valence-corrected chi connectivity index (χ2v) is 7.80. The molecule has 0 saturated carbocycles. The first-order valence-corrected chi connectivity index (χ1v) is 10.6. The van der Waals surface area contributed by atoms with Crippen LogP contribution in [-0.4, -0.2) is 35.9 Å². The molecule has 3 rings (SSSR count). The van der Waals surface area contributed by atoms with Crippen molar-refractivity contribution < 1.29 is 14.5 Å². The van der Waals surface area contributed by atoms with Crippen LogP contribution in [0, 0.1) is 17.0 Å². The maximum absolute atomic E-state index is 12.9. The largest absolute Gasteiger partial charge is 0.371 e. The number of carbonyl (C=O) groups is 2. The zero-order valence-corrected chi connectivity index (χ0v) is 17.9. The Morgan fingerprint density at radius 1 is 1.16 bits per heavy atom. The van der Waals surface area contributed by atoms with E-state index >= 15 is 0 Å². The first kappa shape index (κ1) is 22.3. The number of non-ortho nitro benzene ring substituents is 1. The van der Waals surface area contributed by atoms with Gasteiger partial charge in [0.05, 0.1) is 4.92 Å². The van der Waals surface area contributed by atoms with Crippen LogP contribution in [0.2, 0.25) is 0 Å². The lowest BCUT2D eigenvalue weighted by Gasteiger charge is -2.21. The molecule has 2 amide bonds. The highest BCUT2D eigenvalue weighted by Crippen LogP contribution is 2.23. The zero-order chi connectivity index (χ0) is 22.4. The Labute approximate surface area is 181 Å². The van der Waals surface area contributed by atoms with Crippen LogP contribution < -0.4 is 15.5 Å². The number of amides is 2. The highest BCUT2D eigenvalue weighted by molar-refractivity contribution is 6.02. The summed E-state index contributed by atoms with van der Waals surface area (Å²) in [4.78, 5) is 38.5. The molecule has 0 radical (unpaired) electrons. The summed E-state index contributed by atoms with van der Waals surface area (Å²) in [6.45, 7) is 5.65. The molecular formula is C23H28N4O4. The minimum Gasteiger partial charge on any atom is -0.371 e. The van der Waals surface area contributed by atoms with Crippen molar-refractivity contribution in [3.8, 4) is 0 Å². The third-order valence-corrected chi connectivity index (χ3v) is 5.46. The van der Waals surface area contributed by atoms with Gasteiger partial charge in [0.25, 0.3) is 11.6 Å². The molecule has 164 valence electrons. The fourth-order valence-corrected chi connectivity index (χ4v) is 3.75. The van der Waals surface area contributed by atoms with Gasteiger partial charge in [-0.15, -0.1) is 0 Å². The van der Waals surface area contributed by atoms with Crippen molar-refractivity contribution in [1.82, 2.24) is 5.32 Å². The average Bonchev–Trinajstić information content (AvgIpc) is 3.28. The van der Waals surface area contributed by atoms with Gasteiger partial charge in [0.1, 0.15) is 6.04 Å². The van der Waals surface area contributed by atoms with Gasteiger partial charge in [-0.3, -0.25) is 19.7 Å². The van der Waals surface area contributed by atoms with E-state index in [-0.39, 0.29) is 17.2 Å². The van der Waals surface area contributed by atoms with Crippen molar-refractivity contribution in [3.63, 3.8) is 0 Å². The molecule has 1 saturated heterocycles. The zero-order valence-electron chi connectivity index (χ0n) is 17.9. The molecule has 8 nitrogen and oxygen atoms in total. The van der Waals surface area contributed by atoms with Gasteiger partial charge < -0.3 is 15.5 Å². The summed E-state index contributed by atoms with van der Waals surface area (Å²) in [5.74, 6) is -0.808. The Morgan fingerprint density at radius 2 is 1.90 bits per heavy atom. The molecule has 0 bridgehead atoms. The Balaban J connectivity index is 1.72. The summed E-state index contributed by atoms with van der Waals surface area (Å²) in [5, 5.41) is 16.7. The Hall–Kier alpha value is -3.42. The van der Waals surface area contributed by atoms with Gasteiger partial charge in [0, 0.05) is 42.2 Å². The molecule has 2 aromatic carbocycles. The monoisotopic (exact) mass is 424 g/mol. The molecule has 1 fully saturated rings. The van der Waals surface area contributed by atoms with Crippen LogP contribution in [0.25, 0.3) is 0 Å². The average molecular weight is 425 g/mol. The minimum absolute atomic E-state index is 0.161. The maximum atomic E-state index is 12.9. The number of nitro groups is 1. The lowest BCUT2D eigenvalue weighted by atomic mass is 10.1. The molecule has 1 aliphatic heterocycles. The number of hydrogen-bond donors (Lipinski definition) is 2. The molecule has 2 N–H and O–H groups in total. The molecule has 31 heavy (non-hydrogen) atoms. The van der Waals surface area contributed by atoms with Crippen LogP contribution in [0.4, 0.5) is 17.1 Å². The van der Waals surface area contributed by atoms with E-state index < -0.39 is 16.9 Å². The van der Waals surface area contributed by atoms with Crippen LogP contribution >= 0.6 is 0 Å². The predicted molar refractivity (Wildman–Crippen MR) is 121 cm³/mol. The summed E-state index contributed by atoms with van der Waals surface area (Å²) < 4.78 is 0. The molecule has 1 aliphatic rings. The maximum Gasteiger partial charge on any atom is 0.270 e. The van der Waals surface area contributed by atoms with Crippen molar-refractivity contribution >= 4 is 28.9 Å². The lowest BCUT2D eigenvalue weighted by Crippen LogP contribution is -2.44. The predicted octanol–water partition coefficient (Wildman–Crippen LogP) is 4.04. The molecule has 0 aliphatic carbocycles. The van der Waals surface area contributed by atoms with Gasteiger partial charge in [-0.05, 0) is 49.9 Å². The normalized spacial score (nSPS) is 14.2. The van der Waals surface area contributed by atoms with Crippen molar-refractivity contribution in [2.75, 3.05) is 23.3 Å². The van der Waals surface area contributed by atoms with Crippen LogP contribution in [-0.2, 0) is 4.79 Å². The molecule has 1 heterocycles. The Kier molecular flexibility index (Phi) is 7.23. The molecule has 8 heteroatoms. The summed E-state index contributed by atoms with van der Waals surface area (Å²) in [6.07, 6.45) is 3.48. The number of hydrogen-bond acceptors (Lipinski definition) is 5. The number of carbonyl (C=O) groups excluding carboxylic acids is 2. The number of nitrogens with zero attached hydrogens (tertiary/aromatic N) is 2. The summed E-state index contributed by atoms with van der Waals surface area (Å²) >= 11 is 0. The standard InChI is InChI=1S/C23H28N4O4/c1-3-7-21(25-22(28)20-15-19(27(30)31)11-10-16(20)2)23(29)24-17-8-6-9-18(14-17)26-12-4-5-13-26/h6,8-11,14-15,21H,3-5,7,12-13H2,1-2H3,(H,24,29)(H,25,28). The number of nitro benzene ring substituents is 1.